The first-order valence-corrected chi connectivity index (χ1v) is 10.8. The van der Waals surface area contributed by atoms with Gasteiger partial charge in [0.25, 0.3) is 0 Å². The fraction of sp³-hybridized carbons (Fsp3) is 0.333. The van der Waals surface area contributed by atoms with E-state index in [0.717, 1.165) is 16.7 Å². The molecule has 1 heterocycles. The second-order valence-electron chi connectivity index (χ2n) is 7.18. The van der Waals surface area contributed by atoms with Crippen LogP contribution in [-0.2, 0) is 14.8 Å². The van der Waals surface area contributed by atoms with Gasteiger partial charge >= 0.3 is 0 Å². The summed E-state index contributed by atoms with van der Waals surface area (Å²) >= 11 is 0. The Morgan fingerprint density at radius 3 is 2.46 bits per heavy atom. The number of nitriles is 1. The van der Waals surface area contributed by atoms with Gasteiger partial charge in [-0.25, -0.2) is 13.1 Å². The summed E-state index contributed by atoms with van der Waals surface area (Å²) in [6.07, 6.45) is 0.733. The Hall–Kier alpha value is -2.69. The molecule has 1 aliphatic rings. The van der Waals surface area contributed by atoms with Crippen molar-refractivity contribution in [3.8, 4) is 17.2 Å². The van der Waals surface area contributed by atoms with E-state index in [2.05, 4.69) is 16.1 Å². The minimum atomic E-state index is -3.45. The molecule has 0 radical (unpaired) electrons. The van der Waals surface area contributed by atoms with E-state index in [9.17, 15) is 18.5 Å². The van der Waals surface area contributed by atoms with Crippen LogP contribution in [0.25, 0.3) is 11.1 Å². The molecular weight excluding hydrogens is 374 g/mol. The number of nitrogens with zero attached hydrogens (tertiary/aromatic N) is 1. The third-order valence-electron chi connectivity index (χ3n) is 4.97. The maximum atomic E-state index is 12.3. The monoisotopic (exact) mass is 397 g/mol. The maximum Gasteiger partial charge on any atom is 0.220 e. The van der Waals surface area contributed by atoms with Crippen LogP contribution in [0.1, 0.15) is 43.9 Å². The summed E-state index contributed by atoms with van der Waals surface area (Å²) in [6.45, 7) is 3.25. The molecular formula is C21H23N3O3S. The Kier molecular flexibility index (Phi) is 5.82. The lowest BCUT2D eigenvalue weighted by Crippen LogP contribution is -2.51. The van der Waals surface area contributed by atoms with E-state index in [-0.39, 0.29) is 12.3 Å². The molecule has 2 atom stereocenters. The van der Waals surface area contributed by atoms with E-state index in [4.69, 9.17) is 0 Å². The highest BCUT2D eigenvalue weighted by molar-refractivity contribution is 7.90. The molecule has 1 fully saturated rings. The lowest BCUT2D eigenvalue weighted by molar-refractivity contribution is -0.123. The number of amides is 1. The molecule has 28 heavy (non-hydrogen) atoms. The Morgan fingerprint density at radius 1 is 1.14 bits per heavy atom. The third-order valence-corrected chi connectivity index (χ3v) is 6.84. The van der Waals surface area contributed by atoms with Crippen molar-refractivity contribution in [3.05, 3.63) is 59.7 Å². The largest absolute Gasteiger partial charge is 0.348 e. The van der Waals surface area contributed by atoms with Gasteiger partial charge in [-0.3, -0.25) is 4.79 Å². The molecule has 2 N–H and O–H groups in total. The summed E-state index contributed by atoms with van der Waals surface area (Å²) in [6, 6.07) is 16.2. The van der Waals surface area contributed by atoms with Crippen LogP contribution in [-0.4, -0.2) is 25.6 Å². The van der Waals surface area contributed by atoms with E-state index >= 15 is 0 Å². The van der Waals surface area contributed by atoms with E-state index in [1.807, 2.05) is 42.5 Å². The zero-order chi connectivity index (χ0) is 20.3. The van der Waals surface area contributed by atoms with Crippen molar-refractivity contribution in [2.24, 2.45) is 0 Å². The molecule has 2 unspecified atom stereocenters. The number of nitrogens with one attached hydrogen (secondary N) is 2. The van der Waals surface area contributed by atoms with Crippen molar-refractivity contribution in [3.63, 3.8) is 0 Å². The van der Waals surface area contributed by atoms with Gasteiger partial charge in [-0.1, -0.05) is 42.5 Å². The Labute approximate surface area is 165 Å². The fourth-order valence-electron chi connectivity index (χ4n) is 3.29. The second kappa shape index (κ2) is 8.13. The van der Waals surface area contributed by atoms with Gasteiger partial charge in [-0.15, -0.1) is 0 Å². The summed E-state index contributed by atoms with van der Waals surface area (Å²) in [5.74, 6) is -0.0936. The van der Waals surface area contributed by atoms with Crippen molar-refractivity contribution in [2.45, 2.75) is 44.0 Å². The Bertz CT molecular complexity index is 1010. The van der Waals surface area contributed by atoms with Gasteiger partial charge in [0.1, 0.15) is 0 Å². The zero-order valence-corrected chi connectivity index (χ0v) is 16.7. The number of rotatable bonds is 5. The summed E-state index contributed by atoms with van der Waals surface area (Å²) < 4.78 is 27.4. The lowest BCUT2D eigenvalue weighted by Gasteiger charge is -2.33. The van der Waals surface area contributed by atoms with Crippen LogP contribution in [0.2, 0.25) is 0 Å². The van der Waals surface area contributed by atoms with Crippen LogP contribution in [0, 0.1) is 11.3 Å². The first-order valence-electron chi connectivity index (χ1n) is 9.22. The SMILES string of the molecule is CC(C)S(=O)(=O)NC1CCC(=O)NC1c1ccc(-c2ccccc2C#N)cc1. The molecule has 1 aliphatic heterocycles. The molecule has 2 aromatic rings. The molecule has 146 valence electrons. The fourth-order valence-corrected chi connectivity index (χ4v) is 4.24. The van der Waals surface area contributed by atoms with Gasteiger partial charge in [0.2, 0.25) is 15.9 Å². The van der Waals surface area contributed by atoms with Crippen molar-refractivity contribution in [1.29, 1.82) is 5.26 Å². The predicted octanol–water partition coefficient (Wildman–Crippen LogP) is 2.87. The van der Waals surface area contributed by atoms with Gasteiger partial charge in [0, 0.05) is 12.5 Å². The van der Waals surface area contributed by atoms with Crippen LogP contribution in [0.15, 0.2) is 48.5 Å². The average Bonchev–Trinajstić information content (AvgIpc) is 2.69. The number of sulfonamides is 1. The molecule has 2 aromatic carbocycles. The Morgan fingerprint density at radius 2 is 1.82 bits per heavy atom. The van der Waals surface area contributed by atoms with Gasteiger partial charge in [-0.05, 0) is 43.0 Å². The van der Waals surface area contributed by atoms with Crippen molar-refractivity contribution >= 4 is 15.9 Å². The van der Waals surface area contributed by atoms with Crippen LogP contribution in [0.5, 0.6) is 0 Å². The number of hydrogen-bond donors (Lipinski definition) is 2. The van der Waals surface area contributed by atoms with Gasteiger partial charge in [0.15, 0.2) is 0 Å². The highest BCUT2D eigenvalue weighted by Crippen LogP contribution is 2.29. The molecule has 1 amide bonds. The first-order chi connectivity index (χ1) is 13.3. The lowest BCUT2D eigenvalue weighted by atomic mass is 9.91. The maximum absolute atomic E-state index is 12.3. The molecule has 1 saturated heterocycles. The summed E-state index contributed by atoms with van der Waals surface area (Å²) in [5.41, 5.74) is 3.13. The number of benzene rings is 2. The molecule has 0 bridgehead atoms. The van der Waals surface area contributed by atoms with Crippen LogP contribution in [0.4, 0.5) is 0 Å². The van der Waals surface area contributed by atoms with Gasteiger partial charge in [0.05, 0.1) is 22.9 Å². The van der Waals surface area contributed by atoms with E-state index in [1.165, 1.54) is 0 Å². The highest BCUT2D eigenvalue weighted by atomic mass is 32.2. The zero-order valence-electron chi connectivity index (χ0n) is 15.8. The smallest absolute Gasteiger partial charge is 0.220 e. The summed E-state index contributed by atoms with van der Waals surface area (Å²) in [4.78, 5) is 11.9. The Balaban J connectivity index is 1.89. The average molecular weight is 398 g/mol. The van der Waals surface area contributed by atoms with Crippen molar-refractivity contribution in [2.75, 3.05) is 0 Å². The molecule has 0 aromatic heterocycles. The van der Waals surface area contributed by atoms with E-state index < -0.39 is 27.4 Å². The molecule has 6 nitrogen and oxygen atoms in total. The highest BCUT2D eigenvalue weighted by Gasteiger charge is 2.33. The van der Waals surface area contributed by atoms with Gasteiger partial charge in [-0.2, -0.15) is 5.26 Å². The molecule has 0 saturated carbocycles. The number of carbonyl (C=O) groups is 1. The summed E-state index contributed by atoms with van der Waals surface area (Å²) in [5, 5.41) is 11.7. The third kappa shape index (κ3) is 4.24. The minimum absolute atomic E-state index is 0.0936. The minimum Gasteiger partial charge on any atom is -0.348 e. The van der Waals surface area contributed by atoms with Gasteiger partial charge < -0.3 is 5.32 Å². The standard InChI is InChI=1S/C21H23N3O3S/c1-14(2)28(26,27)24-19-11-12-20(25)23-21(19)16-9-7-15(8-10-16)18-6-4-3-5-17(18)13-22/h3-10,14,19,21,24H,11-12H2,1-2H3,(H,23,25). The quantitative estimate of drug-likeness (QED) is 0.810. The molecule has 0 spiro atoms. The molecule has 0 aliphatic carbocycles. The topological polar surface area (TPSA) is 99.1 Å². The number of piperidine rings is 1. The normalized spacial score (nSPS) is 19.9. The van der Waals surface area contributed by atoms with E-state index in [1.54, 1.807) is 19.9 Å². The van der Waals surface area contributed by atoms with E-state index in [0.29, 0.717) is 12.0 Å². The first kappa shape index (κ1) is 20.1. The molecule has 3 rings (SSSR count). The predicted molar refractivity (Wildman–Crippen MR) is 108 cm³/mol. The van der Waals surface area contributed by atoms with Crippen molar-refractivity contribution in [1.82, 2.24) is 10.0 Å². The number of hydrogen-bond acceptors (Lipinski definition) is 4. The second-order valence-corrected chi connectivity index (χ2v) is 9.45. The van der Waals surface area contributed by atoms with Crippen LogP contribution < -0.4 is 10.0 Å². The summed E-state index contributed by atoms with van der Waals surface area (Å²) in [7, 11) is -3.45. The number of carbonyl (C=O) groups excluding carboxylic acids is 1. The van der Waals surface area contributed by atoms with Crippen molar-refractivity contribution < 1.29 is 13.2 Å². The molecule has 7 heteroatoms. The van der Waals surface area contributed by atoms with Crippen LogP contribution >= 0.6 is 0 Å². The van der Waals surface area contributed by atoms with Crippen LogP contribution in [0.3, 0.4) is 0 Å².